The quantitative estimate of drug-likeness (QED) is 0.681. The van der Waals surface area contributed by atoms with Crippen molar-refractivity contribution in [2.24, 2.45) is 5.92 Å². The van der Waals surface area contributed by atoms with E-state index in [1.165, 1.54) is 28.6 Å². The van der Waals surface area contributed by atoms with E-state index < -0.39 is 16.0 Å². The first kappa shape index (κ1) is 21.8. The maximum absolute atomic E-state index is 12.8. The number of hydrogen-bond acceptors (Lipinski definition) is 5. The number of likely N-dealkylation sites (tertiary alicyclic amines) is 1. The van der Waals surface area contributed by atoms with E-state index in [-0.39, 0.29) is 29.0 Å². The van der Waals surface area contributed by atoms with Crippen molar-refractivity contribution in [3.63, 3.8) is 0 Å². The zero-order valence-electron chi connectivity index (χ0n) is 17.2. The van der Waals surface area contributed by atoms with Crippen LogP contribution in [-0.2, 0) is 19.6 Å². The lowest BCUT2D eigenvalue weighted by atomic mass is 10.0. The molecule has 1 amide bonds. The number of piperidine rings is 2. The van der Waals surface area contributed by atoms with Gasteiger partial charge in [0.2, 0.25) is 10.0 Å². The monoisotopic (exact) mass is 422 g/mol. The van der Waals surface area contributed by atoms with Gasteiger partial charge in [0.15, 0.2) is 6.61 Å². The van der Waals surface area contributed by atoms with Crippen molar-refractivity contribution in [3.8, 4) is 0 Å². The summed E-state index contributed by atoms with van der Waals surface area (Å²) in [7, 11) is -3.55. The Bertz CT molecular complexity index is 829. The minimum Gasteiger partial charge on any atom is -0.452 e. The molecule has 1 aromatic rings. The van der Waals surface area contributed by atoms with Gasteiger partial charge in [-0.3, -0.25) is 4.79 Å². The Kier molecular flexibility index (Phi) is 6.95. The zero-order valence-corrected chi connectivity index (χ0v) is 18.0. The van der Waals surface area contributed by atoms with Crippen molar-refractivity contribution >= 4 is 21.9 Å². The number of ether oxygens (including phenoxy) is 1. The Hall–Kier alpha value is -1.93. The van der Waals surface area contributed by atoms with Crippen LogP contribution < -0.4 is 0 Å². The van der Waals surface area contributed by atoms with Crippen LogP contribution >= 0.6 is 0 Å². The lowest BCUT2D eigenvalue weighted by Crippen LogP contribution is -2.44. The maximum Gasteiger partial charge on any atom is 0.338 e. The molecule has 0 saturated carbocycles. The molecular formula is C21H30N2O5S. The third-order valence-corrected chi connectivity index (χ3v) is 7.83. The molecule has 0 unspecified atom stereocenters. The summed E-state index contributed by atoms with van der Waals surface area (Å²) >= 11 is 0. The van der Waals surface area contributed by atoms with E-state index >= 15 is 0 Å². The summed E-state index contributed by atoms with van der Waals surface area (Å²) in [4.78, 5) is 26.5. The van der Waals surface area contributed by atoms with Gasteiger partial charge in [0.1, 0.15) is 0 Å². The lowest BCUT2D eigenvalue weighted by molar-refractivity contribution is -0.137. The van der Waals surface area contributed by atoms with Crippen molar-refractivity contribution in [1.29, 1.82) is 0 Å². The van der Waals surface area contributed by atoms with Crippen molar-refractivity contribution in [1.82, 2.24) is 9.21 Å². The van der Waals surface area contributed by atoms with E-state index in [1.807, 2.05) is 6.92 Å². The molecule has 0 bridgehead atoms. The molecule has 7 nitrogen and oxygen atoms in total. The molecule has 0 spiro atoms. The fourth-order valence-corrected chi connectivity index (χ4v) is 5.37. The SMILES string of the molecule is CC1CCN(S(=O)(=O)c2ccc(C(=O)OCC(=O)N3CCCC[C@H]3C)cc2)CC1. The highest BCUT2D eigenvalue weighted by Crippen LogP contribution is 2.24. The second-order valence-corrected chi connectivity index (χ2v) is 10.1. The van der Waals surface area contributed by atoms with Crippen LogP contribution in [-0.4, -0.2) is 61.8 Å². The molecule has 1 atom stereocenters. The molecule has 29 heavy (non-hydrogen) atoms. The number of carbonyl (C=O) groups is 2. The number of hydrogen-bond donors (Lipinski definition) is 0. The molecule has 2 saturated heterocycles. The second kappa shape index (κ2) is 9.26. The number of esters is 1. The molecule has 160 valence electrons. The van der Waals surface area contributed by atoms with Crippen LogP contribution in [0.3, 0.4) is 0 Å². The largest absolute Gasteiger partial charge is 0.452 e. The third kappa shape index (κ3) is 5.17. The van der Waals surface area contributed by atoms with Gasteiger partial charge < -0.3 is 9.64 Å². The van der Waals surface area contributed by atoms with Gasteiger partial charge in [0, 0.05) is 25.7 Å². The number of benzene rings is 1. The summed E-state index contributed by atoms with van der Waals surface area (Å²) in [6.07, 6.45) is 4.75. The molecule has 3 rings (SSSR count). The number of carbonyl (C=O) groups excluding carboxylic acids is 2. The maximum atomic E-state index is 12.8. The van der Waals surface area contributed by atoms with Gasteiger partial charge in [-0.2, -0.15) is 4.31 Å². The van der Waals surface area contributed by atoms with Gasteiger partial charge in [-0.25, -0.2) is 13.2 Å². The van der Waals surface area contributed by atoms with Gasteiger partial charge in [-0.15, -0.1) is 0 Å². The Balaban J connectivity index is 1.58. The first-order valence-corrected chi connectivity index (χ1v) is 11.8. The summed E-state index contributed by atoms with van der Waals surface area (Å²) in [5, 5.41) is 0. The van der Waals surface area contributed by atoms with Crippen molar-refractivity contribution in [3.05, 3.63) is 29.8 Å². The van der Waals surface area contributed by atoms with Crippen molar-refractivity contribution in [2.45, 2.75) is 56.9 Å². The predicted molar refractivity (Wildman–Crippen MR) is 109 cm³/mol. The number of nitrogens with zero attached hydrogens (tertiary/aromatic N) is 2. The molecule has 0 N–H and O–H groups in total. The first-order valence-electron chi connectivity index (χ1n) is 10.4. The van der Waals surface area contributed by atoms with Crippen LogP contribution in [0.15, 0.2) is 29.2 Å². The highest BCUT2D eigenvalue weighted by Gasteiger charge is 2.28. The summed E-state index contributed by atoms with van der Waals surface area (Å²) in [6, 6.07) is 5.90. The lowest BCUT2D eigenvalue weighted by Gasteiger charge is -2.33. The van der Waals surface area contributed by atoms with Crippen LogP contribution in [0.1, 0.15) is 56.3 Å². The summed E-state index contributed by atoms with van der Waals surface area (Å²) in [5.41, 5.74) is 0.232. The Morgan fingerprint density at radius 3 is 2.28 bits per heavy atom. The normalized spacial score (nSPS) is 21.7. The predicted octanol–water partition coefficient (Wildman–Crippen LogP) is 2.67. The molecule has 2 fully saturated rings. The average Bonchev–Trinajstić information content (AvgIpc) is 2.72. The van der Waals surface area contributed by atoms with E-state index in [0.717, 1.165) is 32.1 Å². The van der Waals surface area contributed by atoms with E-state index in [9.17, 15) is 18.0 Å². The Labute approximate surface area is 173 Å². The average molecular weight is 423 g/mol. The van der Waals surface area contributed by atoms with E-state index in [0.29, 0.717) is 25.6 Å². The van der Waals surface area contributed by atoms with Crippen LogP contribution in [0.2, 0.25) is 0 Å². The van der Waals surface area contributed by atoms with Gasteiger partial charge in [0.05, 0.1) is 10.5 Å². The number of amides is 1. The minimum atomic E-state index is -3.55. The zero-order chi connectivity index (χ0) is 21.0. The van der Waals surface area contributed by atoms with Crippen LogP contribution in [0, 0.1) is 5.92 Å². The van der Waals surface area contributed by atoms with Gasteiger partial charge >= 0.3 is 5.97 Å². The fourth-order valence-electron chi connectivity index (χ4n) is 3.90. The van der Waals surface area contributed by atoms with Crippen LogP contribution in [0.4, 0.5) is 0 Å². The van der Waals surface area contributed by atoms with Gasteiger partial charge in [0.25, 0.3) is 5.91 Å². The molecular weight excluding hydrogens is 392 g/mol. The number of sulfonamides is 1. The molecule has 0 aliphatic carbocycles. The smallest absolute Gasteiger partial charge is 0.338 e. The molecule has 8 heteroatoms. The highest BCUT2D eigenvalue weighted by molar-refractivity contribution is 7.89. The van der Waals surface area contributed by atoms with Gasteiger partial charge in [-0.05, 0) is 69.2 Å². The Morgan fingerprint density at radius 1 is 1.00 bits per heavy atom. The number of rotatable bonds is 5. The van der Waals surface area contributed by atoms with Crippen molar-refractivity contribution in [2.75, 3.05) is 26.2 Å². The summed E-state index contributed by atoms with van der Waals surface area (Å²) in [6.45, 7) is 5.56. The van der Waals surface area contributed by atoms with E-state index in [4.69, 9.17) is 4.74 Å². The van der Waals surface area contributed by atoms with Crippen molar-refractivity contribution < 1.29 is 22.7 Å². The third-order valence-electron chi connectivity index (χ3n) is 5.92. The first-order chi connectivity index (χ1) is 13.8. The Morgan fingerprint density at radius 2 is 1.66 bits per heavy atom. The minimum absolute atomic E-state index is 0.164. The topological polar surface area (TPSA) is 84.0 Å². The second-order valence-electron chi connectivity index (χ2n) is 8.12. The highest BCUT2D eigenvalue weighted by atomic mass is 32.2. The summed E-state index contributed by atoms with van der Waals surface area (Å²) < 4.78 is 32.2. The molecule has 2 aliphatic heterocycles. The molecule has 1 aromatic carbocycles. The molecule has 2 heterocycles. The summed E-state index contributed by atoms with van der Waals surface area (Å²) in [5.74, 6) is -0.280. The van der Waals surface area contributed by atoms with E-state index in [1.54, 1.807) is 4.90 Å². The molecule has 2 aliphatic rings. The van der Waals surface area contributed by atoms with Crippen LogP contribution in [0.25, 0.3) is 0 Å². The fraction of sp³-hybridized carbons (Fsp3) is 0.619. The molecule has 0 aromatic heterocycles. The standard InChI is InChI=1S/C21H30N2O5S/c1-16-10-13-22(14-11-16)29(26,27)19-8-6-18(7-9-19)21(25)28-15-20(24)23-12-4-3-5-17(23)2/h6-9,16-17H,3-5,10-15H2,1-2H3/t17-/m1/s1. The van der Waals surface area contributed by atoms with E-state index in [2.05, 4.69) is 6.92 Å². The van der Waals surface area contributed by atoms with Gasteiger partial charge in [-0.1, -0.05) is 6.92 Å². The van der Waals surface area contributed by atoms with Crippen LogP contribution in [0.5, 0.6) is 0 Å². The molecule has 0 radical (unpaired) electrons.